The Balaban J connectivity index is 0.00000145. The molecule has 0 radical (unpaired) electrons. The van der Waals surface area contributed by atoms with E-state index in [1.54, 1.807) is 6.92 Å². The van der Waals surface area contributed by atoms with Gasteiger partial charge < -0.3 is 4.74 Å². The van der Waals surface area contributed by atoms with E-state index in [9.17, 15) is 26.3 Å². The monoisotopic (exact) mass is 414 g/mol. The number of ether oxygens (including phenoxy) is 1. The van der Waals surface area contributed by atoms with Crippen LogP contribution in [0.15, 0.2) is 42.7 Å². The van der Waals surface area contributed by atoms with Gasteiger partial charge in [-0.3, -0.25) is 0 Å². The molecule has 1 aromatic heterocycles. The van der Waals surface area contributed by atoms with Crippen LogP contribution in [0.4, 0.5) is 26.3 Å². The molecule has 154 valence electrons. The average molecular weight is 414 g/mol. The molecule has 0 aliphatic heterocycles. The van der Waals surface area contributed by atoms with Gasteiger partial charge in [-0.05, 0) is 24.6 Å². The van der Waals surface area contributed by atoms with Gasteiger partial charge in [0.2, 0.25) is 0 Å². The first-order valence-corrected chi connectivity index (χ1v) is 8.48. The molecule has 2 aromatic carbocycles. The Morgan fingerprint density at radius 3 is 1.90 bits per heavy atom. The van der Waals surface area contributed by atoms with Gasteiger partial charge in [0.25, 0.3) is 0 Å². The van der Waals surface area contributed by atoms with Crippen molar-refractivity contribution in [3.8, 4) is 17.1 Å². The highest BCUT2D eigenvalue weighted by molar-refractivity contribution is 5.55. The topological polar surface area (TPSA) is 35.0 Å². The quantitative estimate of drug-likeness (QED) is 0.379. The van der Waals surface area contributed by atoms with Crippen LogP contribution in [0.1, 0.15) is 25.0 Å². The molecular weight excluding hydrogens is 398 g/mol. The van der Waals surface area contributed by atoms with Crippen LogP contribution in [0.5, 0.6) is 5.75 Å². The third-order valence-corrected chi connectivity index (χ3v) is 3.53. The molecule has 3 aromatic rings. The van der Waals surface area contributed by atoms with Crippen LogP contribution < -0.4 is 4.74 Å². The molecule has 3 rings (SSSR count). The molecule has 0 unspecified atom stereocenters. The fraction of sp³-hybridized carbons (Fsp3) is 0.200. The van der Waals surface area contributed by atoms with Crippen LogP contribution in [0.25, 0.3) is 11.4 Å². The van der Waals surface area contributed by atoms with E-state index in [-0.39, 0.29) is 23.5 Å². The van der Waals surface area contributed by atoms with Crippen LogP contribution >= 0.6 is 0 Å². The minimum absolute atomic E-state index is 0.123. The van der Waals surface area contributed by atoms with Crippen LogP contribution in [-0.4, -0.2) is 9.97 Å². The summed E-state index contributed by atoms with van der Waals surface area (Å²) in [5.41, 5.74) is -0.274. The molecule has 0 bridgehead atoms. The first-order chi connectivity index (χ1) is 13.7. The largest absolute Gasteiger partial charge is 0.429 e. The second-order valence-electron chi connectivity index (χ2n) is 5.60. The Bertz CT molecular complexity index is 970. The van der Waals surface area contributed by atoms with E-state index in [4.69, 9.17) is 0 Å². The van der Waals surface area contributed by atoms with Crippen molar-refractivity contribution in [1.29, 1.82) is 0 Å². The second-order valence-corrected chi connectivity index (χ2v) is 5.60. The van der Waals surface area contributed by atoms with Crippen molar-refractivity contribution in [3.63, 3.8) is 0 Å². The van der Waals surface area contributed by atoms with Gasteiger partial charge in [0.1, 0.15) is 11.6 Å². The van der Waals surface area contributed by atoms with E-state index < -0.39 is 40.7 Å². The zero-order valence-corrected chi connectivity index (χ0v) is 15.6. The maximum absolute atomic E-state index is 14.2. The number of aryl methyl sites for hydroxylation is 1. The normalized spacial score (nSPS) is 10.9. The molecule has 0 aliphatic carbocycles. The highest BCUT2D eigenvalue weighted by Crippen LogP contribution is 2.35. The Hall–Kier alpha value is -3.10. The van der Waals surface area contributed by atoms with Gasteiger partial charge in [0.15, 0.2) is 23.3 Å². The Morgan fingerprint density at radius 1 is 0.828 bits per heavy atom. The zero-order valence-electron chi connectivity index (χ0n) is 15.6. The molecule has 3 nitrogen and oxygen atoms in total. The van der Waals surface area contributed by atoms with Gasteiger partial charge >= 0.3 is 6.11 Å². The summed E-state index contributed by atoms with van der Waals surface area (Å²) >= 11 is 0. The smallest absolute Gasteiger partial charge is 0.429 e. The fourth-order valence-electron chi connectivity index (χ4n) is 2.23. The first kappa shape index (κ1) is 22.2. The fourth-order valence-corrected chi connectivity index (χ4v) is 2.23. The van der Waals surface area contributed by atoms with Crippen molar-refractivity contribution >= 4 is 0 Å². The minimum atomic E-state index is -4.27. The Labute approximate surface area is 163 Å². The molecule has 0 fully saturated rings. The van der Waals surface area contributed by atoms with E-state index in [2.05, 4.69) is 14.7 Å². The molecule has 0 N–H and O–H groups in total. The van der Waals surface area contributed by atoms with Gasteiger partial charge in [-0.2, -0.15) is 8.78 Å². The summed E-state index contributed by atoms with van der Waals surface area (Å²) in [5, 5.41) is 0. The van der Waals surface area contributed by atoms with Gasteiger partial charge in [0, 0.05) is 30.1 Å². The van der Waals surface area contributed by atoms with Crippen molar-refractivity contribution in [3.05, 3.63) is 77.1 Å². The number of rotatable bonds is 4. The molecule has 0 aliphatic rings. The lowest BCUT2D eigenvalue weighted by molar-refractivity contribution is -0.187. The van der Waals surface area contributed by atoms with Gasteiger partial charge in [0.05, 0.1) is 5.56 Å². The molecule has 0 atom stereocenters. The van der Waals surface area contributed by atoms with E-state index in [1.165, 1.54) is 12.4 Å². The average Bonchev–Trinajstić information content (AvgIpc) is 2.67. The summed E-state index contributed by atoms with van der Waals surface area (Å²) in [6.45, 7) is 5.74. The Morgan fingerprint density at radius 2 is 1.38 bits per heavy atom. The molecule has 9 heteroatoms. The van der Waals surface area contributed by atoms with Crippen LogP contribution in [0.3, 0.4) is 0 Å². The maximum atomic E-state index is 14.2. The summed E-state index contributed by atoms with van der Waals surface area (Å²) in [4.78, 5) is 7.92. The lowest BCUT2D eigenvalue weighted by atomic mass is 10.1. The predicted octanol–water partition coefficient (Wildman–Crippen LogP) is 6.16. The summed E-state index contributed by atoms with van der Waals surface area (Å²) in [5.74, 6) is -7.48. The Kier molecular flexibility index (Phi) is 6.84. The third-order valence-electron chi connectivity index (χ3n) is 3.53. The lowest BCUT2D eigenvalue weighted by Crippen LogP contribution is -2.23. The second kappa shape index (κ2) is 8.93. The van der Waals surface area contributed by atoms with Gasteiger partial charge in [-0.25, -0.2) is 27.5 Å². The van der Waals surface area contributed by atoms with Crippen LogP contribution in [0.2, 0.25) is 0 Å². The number of hydrogen-bond donors (Lipinski definition) is 0. The van der Waals surface area contributed by atoms with E-state index in [0.717, 1.165) is 23.8 Å². The molecule has 29 heavy (non-hydrogen) atoms. The van der Waals surface area contributed by atoms with Gasteiger partial charge in [-0.1, -0.05) is 19.9 Å². The number of benzene rings is 2. The zero-order chi connectivity index (χ0) is 21.8. The molecule has 0 saturated heterocycles. The summed E-state index contributed by atoms with van der Waals surface area (Å²) < 4.78 is 86.0. The van der Waals surface area contributed by atoms with E-state index in [0.29, 0.717) is 0 Å². The van der Waals surface area contributed by atoms with Crippen molar-refractivity contribution in [2.45, 2.75) is 26.9 Å². The van der Waals surface area contributed by atoms with Crippen LogP contribution in [0, 0.1) is 30.2 Å². The SMILES string of the molecule is CC.Cc1cnc(-c2ccc(C(F)(F)Oc3cc(F)c(F)c(F)c3)c(F)c2)nc1. The van der Waals surface area contributed by atoms with Crippen molar-refractivity contribution in [1.82, 2.24) is 9.97 Å². The van der Waals surface area contributed by atoms with E-state index in [1.807, 2.05) is 13.8 Å². The molecule has 1 heterocycles. The highest BCUT2D eigenvalue weighted by atomic mass is 19.3. The number of hydrogen-bond acceptors (Lipinski definition) is 3. The predicted molar refractivity (Wildman–Crippen MR) is 94.3 cm³/mol. The minimum Gasteiger partial charge on any atom is -0.429 e. The van der Waals surface area contributed by atoms with Crippen LogP contribution in [-0.2, 0) is 6.11 Å². The number of aromatic nitrogens is 2. The van der Waals surface area contributed by atoms with Crippen molar-refractivity contribution in [2.24, 2.45) is 0 Å². The summed E-state index contributed by atoms with van der Waals surface area (Å²) in [7, 11) is 0. The molecule has 0 spiro atoms. The first-order valence-electron chi connectivity index (χ1n) is 8.48. The lowest BCUT2D eigenvalue weighted by Gasteiger charge is -2.19. The molecule has 0 saturated carbocycles. The highest BCUT2D eigenvalue weighted by Gasteiger charge is 2.38. The number of halogens is 6. The standard InChI is InChI=1S/C18H10F6N2O.C2H6/c1-9-7-25-17(26-8-9)10-2-3-12(13(19)4-10)18(23,24)27-11-5-14(20)16(22)15(21)6-11;1-2/h2-8H,1H3;1-2H3. The number of alkyl halides is 2. The van der Waals surface area contributed by atoms with E-state index >= 15 is 0 Å². The summed E-state index contributed by atoms with van der Waals surface area (Å²) in [6.07, 6.45) is -1.32. The maximum Gasteiger partial charge on any atom is 0.429 e. The number of nitrogens with zero attached hydrogens (tertiary/aromatic N) is 2. The third kappa shape index (κ3) is 5.04. The summed E-state index contributed by atoms with van der Waals surface area (Å²) in [6, 6.07) is 3.14. The molecule has 0 amide bonds. The van der Waals surface area contributed by atoms with Crippen molar-refractivity contribution < 1.29 is 31.1 Å². The van der Waals surface area contributed by atoms with Crippen molar-refractivity contribution in [2.75, 3.05) is 0 Å². The van der Waals surface area contributed by atoms with Gasteiger partial charge in [-0.15, -0.1) is 0 Å². The molecular formula is C20H16F6N2O.